The molecule has 0 saturated carbocycles. The van der Waals surface area contributed by atoms with E-state index in [2.05, 4.69) is 4.90 Å². The number of hydrogen-bond acceptors (Lipinski definition) is 8. The van der Waals surface area contributed by atoms with Crippen molar-refractivity contribution in [2.24, 2.45) is 0 Å². The Kier molecular flexibility index (Phi) is 7.28. The molecule has 8 nitrogen and oxygen atoms in total. The molecule has 0 unspecified atom stereocenters. The van der Waals surface area contributed by atoms with Crippen LogP contribution >= 0.6 is 11.3 Å². The van der Waals surface area contributed by atoms with Gasteiger partial charge in [-0.15, -0.1) is 0 Å². The molecule has 4 rings (SSSR count). The van der Waals surface area contributed by atoms with Crippen LogP contribution in [-0.4, -0.2) is 76.5 Å². The van der Waals surface area contributed by atoms with Crippen molar-refractivity contribution in [1.29, 1.82) is 0 Å². The van der Waals surface area contributed by atoms with E-state index in [1.165, 1.54) is 28.4 Å². The average Bonchev–Trinajstić information content (AvgIpc) is 3.26. The third-order valence-corrected chi connectivity index (χ3v) is 8.43. The molecule has 2 heterocycles. The number of fused-ring (bicyclic) bond motifs is 1. The van der Waals surface area contributed by atoms with E-state index < -0.39 is 21.5 Å². The van der Waals surface area contributed by atoms with Crippen molar-refractivity contribution >= 4 is 42.4 Å². The molecule has 3 aromatic rings. The summed E-state index contributed by atoms with van der Waals surface area (Å²) in [5.74, 6) is -0.495. The summed E-state index contributed by atoms with van der Waals surface area (Å²) in [5, 5.41) is 0.471. The number of aryl methyl sites for hydroxylation is 1. The Labute approximate surface area is 197 Å². The summed E-state index contributed by atoms with van der Waals surface area (Å²) in [5.41, 5.74) is 1.69. The number of carbonyl (C=O) groups excluding carboxylic acids is 1. The van der Waals surface area contributed by atoms with Gasteiger partial charge in [-0.05, 0) is 30.7 Å². The first kappa shape index (κ1) is 23.6. The lowest BCUT2D eigenvalue weighted by Crippen LogP contribution is -2.44. The Morgan fingerprint density at radius 1 is 1.18 bits per heavy atom. The second kappa shape index (κ2) is 10.2. The van der Waals surface area contributed by atoms with Crippen molar-refractivity contribution in [2.75, 3.05) is 57.2 Å². The number of methoxy groups -OCH3 is 1. The molecule has 0 aliphatic carbocycles. The summed E-state index contributed by atoms with van der Waals surface area (Å²) < 4.78 is 37.6. The van der Waals surface area contributed by atoms with Crippen LogP contribution in [0.5, 0.6) is 5.75 Å². The lowest BCUT2D eigenvalue weighted by molar-refractivity contribution is -0.116. The van der Waals surface area contributed by atoms with Crippen molar-refractivity contribution in [3.8, 4) is 5.75 Å². The second-order valence-corrected chi connectivity index (χ2v) is 10.8. The van der Waals surface area contributed by atoms with Gasteiger partial charge >= 0.3 is 0 Å². The number of rotatable bonds is 8. The van der Waals surface area contributed by atoms with Crippen molar-refractivity contribution in [3.05, 3.63) is 48.0 Å². The molecule has 0 atom stereocenters. The van der Waals surface area contributed by atoms with E-state index in [1.54, 1.807) is 25.3 Å². The maximum atomic E-state index is 13.4. The summed E-state index contributed by atoms with van der Waals surface area (Å²) in [7, 11) is -2.20. The van der Waals surface area contributed by atoms with E-state index in [0.29, 0.717) is 42.7 Å². The van der Waals surface area contributed by atoms with Crippen molar-refractivity contribution in [2.45, 2.75) is 11.8 Å². The Hall–Kier alpha value is -2.53. The Balaban J connectivity index is 1.65. The van der Waals surface area contributed by atoms with Gasteiger partial charge < -0.3 is 9.47 Å². The average molecular weight is 490 g/mol. The second-order valence-electron chi connectivity index (χ2n) is 7.83. The smallest absolute Gasteiger partial charge is 0.244 e. The van der Waals surface area contributed by atoms with Crippen LogP contribution in [0.25, 0.3) is 10.2 Å². The molecule has 0 spiro atoms. The van der Waals surface area contributed by atoms with E-state index >= 15 is 0 Å². The van der Waals surface area contributed by atoms with Crippen LogP contribution in [0.1, 0.15) is 5.56 Å². The van der Waals surface area contributed by atoms with Crippen molar-refractivity contribution < 1.29 is 22.7 Å². The highest BCUT2D eigenvalue weighted by molar-refractivity contribution is 7.92. The number of anilines is 1. The molecule has 1 aromatic heterocycles. The van der Waals surface area contributed by atoms with Crippen molar-refractivity contribution in [1.82, 2.24) is 9.88 Å². The molecule has 1 aliphatic heterocycles. The van der Waals surface area contributed by atoms with Crippen molar-refractivity contribution in [3.63, 3.8) is 0 Å². The quantitative estimate of drug-likeness (QED) is 0.481. The van der Waals surface area contributed by atoms with E-state index in [9.17, 15) is 13.2 Å². The van der Waals surface area contributed by atoms with Crippen LogP contribution in [0.3, 0.4) is 0 Å². The standard InChI is InChI=1S/C23H27N3O5S2/c1-17-8-9-19(30-2)21-22(17)32-23(24-21)26(11-10-25-12-14-31-15-13-25)20(27)16-33(28,29)18-6-4-3-5-7-18/h3-9H,10-16H2,1-2H3. The summed E-state index contributed by atoms with van der Waals surface area (Å²) in [6, 6.07) is 11.8. The lowest BCUT2D eigenvalue weighted by Gasteiger charge is -2.29. The Morgan fingerprint density at radius 3 is 2.61 bits per heavy atom. The zero-order valence-corrected chi connectivity index (χ0v) is 20.3. The Morgan fingerprint density at radius 2 is 1.91 bits per heavy atom. The largest absolute Gasteiger partial charge is 0.494 e. The summed E-state index contributed by atoms with van der Waals surface area (Å²) in [4.78, 5) is 21.9. The van der Waals surface area contributed by atoms with E-state index in [-0.39, 0.29) is 4.90 Å². The fourth-order valence-corrected chi connectivity index (χ4v) is 6.04. The fraction of sp³-hybridized carbons (Fsp3) is 0.391. The normalized spacial score (nSPS) is 15.0. The lowest BCUT2D eigenvalue weighted by atomic mass is 10.2. The molecular weight excluding hydrogens is 462 g/mol. The number of morpholine rings is 1. The van der Waals surface area contributed by atoms with Gasteiger partial charge in [0, 0.05) is 26.2 Å². The van der Waals surface area contributed by atoms with E-state index in [4.69, 9.17) is 14.5 Å². The molecular formula is C23H27N3O5S2. The van der Waals surface area contributed by atoms with Gasteiger partial charge in [0.1, 0.15) is 17.0 Å². The number of carbonyl (C=O) groups is 1. The third-order valence-electron chi connectivity index (χ3n) is 5.60. The number of amides is 1. The molecule has 1 aliphatic rings. The predicted molar refractivity (Wildman–Crippen MR) is 129 cm³/mol. The summed E-state index contributed by atoms with van der Waals surface area (Å²) >= 11 is 1.37. The van der Waals surface area contributed by atoms with Crippen LogP contribution in [-0.2, 0) is 19.4 Å². The third kappa shape index (κ3) is 5.35. The summed E-state index contributed by atoms with van der Waals surface area (Å²) in [6.07, 6.45) is 0. The van der Waals surface area contributed by atoms with Gasteiger partial charge in [-0.25, -0.2) is 13.4 Å². The van der Waals surface area contributed by atoms with Gasteiger partial charge in [0.15, 0.2) is 15.0 Å². The molecule has 0 bridgehead atoms. The molecule has 1 saturated heterocycles. The van der Waals surface area contributed by atoms with Crippen LogP contribution in [0.15, 0.2) is 47.4 Å². The predicted octanol–water partition coefficient (Wildman–Crippen LogP) is 2.75. The van der Waals surface area contributed by atoms with Crippen LogP contribution in [0, 0.1) is 6.92 Å². The Bertz CT molecular complexity index is 1220. The number of nitrogens with zero attached hydrogens (tertiary/aromatic N) is 3. The number of thiazole rings is 1. The number of benzene rings is 2. The first-order chi connectivity index (χ1) is 15.9. The monoisotopic (exact) mass is 489 g/mol. The number of hydrogen-bond donors (Lipinski definition) is 0. The van der Waals surface area contributed by atoms with Gasteiger partial charge in [-0.2, -0.15) is 0 Å². The van der Waals surface area contributed by atoms with Crippen LogP contribution in [0.4, 0.5) is 5.13 Å². The maximum absolute atomic E-state index is 13.4. The molecule has 0 N–H and O–H groups in total. The highest BCUT2D eigenvalue weighted by Crippen LogP contribution is 2.36. The van der Waals surface area contributed by atoms with E-state index in [0.717, 1.165) is 23.4 Å². The number of aromatic nitrogens is 1. The highest BCUT2D eigenvalue weighted by Gasteiger charge is 2.28. The summed E-state index contributed by atoms with van der Waals surface area (Å²) in [6.45, 7) is 5.76. The van der Waals surface area contributed by atoms with Crippen LogP contribution < -0.4 is 9.64 Å². The molecule has 10 heteroatoms. The SMILES string of the molecule is COc1ccc(C)c2sc(N(CCN3CCOCC3)C(=O)CS(=O)(=O)c3ccccc3)nc12. The van der Waals surface area contributed by atoms with Gasteiger partial charge in [0.2, 0.25) is 5.91 Å². The number of sulfone groups is 1. The van der Waals surface area contributed by atoms with Gasteiger partial charge in [0.05, 0.1) is 29.9 Å². The van der Waals surface area contributed by atoms with Gasteiger partial charge in [-0.1, -0.05) is 35.6 Å². The molecule has 176 valence electrons. The van der Waals surface area contributed by atoms with Gasteiger partial charge in [0.25, 0.3) is 0 Å². The number of ether oxygens (including phenoxy) is 2. The zero-order valence-electron chi connectivity index (χ0n) is 18.7. The van der Waals surface area contributed by atoms with Crippen LogP contribution in [0.2, 0.25) is 0 Å². The molecule has 1 fully saturated rings. The molecule has 0 radical (unpaired) electrons. The zero-order chi connectivity index (χ0) is 23.4. The van der Waals surface area contributed by atoms with E-state index in [1.807, 2.05) is 19.1 Å². The fourth-order valence-electron chi connectivity index (χ4n) is 3.72. The van der Waals surface area contributed by atoms with Gasteiger partial charge in [-0.3, -0.25) is 14.6 Å². The minimum Gasteiger partial charge on any atom is -0.494 e. The first-order valence-electron chi connectivity index (χ1n) is 10.7. The highest BCUT2D eigenvalue weighted by atomic mass is 32.2. The minimum atomic E-state index is -3.78. The molecule has 2 aromatic carbocycles. The maximum Gasteiger partial charge on any atom is 0.244 e. The topological polar surface area (TPSA) is 89.0 Å². The minimum absolute atomic E-state index is 0.133. The first-order valence-corrected chi connectivity index (χ1v) is 13.2. The molecule has 33 heavy (non-hydrogen) atoms. The molecule has 1 amide bonds.